The Balaban J connectivity index is 1.15. The lowest BCUT2D eigenvalue weighted by Gasteiger charge is -2.27. The number of nitrogens with one attached hydrogen (secondary N) is 4. The molecule has 0 atom stereocenters. The fourth-order valence-corrected chi connectivity index (χ4v) is 4.78. The van der Waals surface area contributed by atoms with E-state index in [1.807, 2.05) is 49.4 Å². The van der Waals surface area contributed by atoms with Crippen molar-refractivity contribution < 1.29 is 9.53 Å². The van der Waals surface area contributed by atoms with E-state index < -0.39 is 0 Å². The molecule has 0 saturated carbocycles. The van der Waals surface area contributed by atoms with E-state index in [4.69, 9.17) is 4.74 Å². The number of urea groups is 1. The van der Waals surface area contributed by atoms with Crippen LogP contribution in [-0.4, -0.2) is 57.3 Å². The predicted octanol–water partition coefficient (Wildman–Crippen LogP) is 5.45. The number of hydrogen-bond donors (Lipinski definition) is 4. The molecular formula is C29H28N8O2. The number of ether oxygens (including phenoxy) is 1. The Morgan fingerprint density at radius 3 is 2.59 bits per heavy atom. The molecule has 196 valence electrons. The van der Waals surface area contributed by atoms with E-state index in [1.165, 1.54) is 0 Å². The van der Waals surface area contributed by atoms with Crippen LogP contribution in [0.4, 0.5) is 22.1 Å². The van der Waals surface area contributed by atoms with Crippen molar-refractivity contribution in [3.05, 3.63) is 79.0 Å². The van der Waals surface area contributed by atoms with Crippen LogP contribution in [0.2, 0.25) is 0 Å². The minimum absolute atomic E-state index is 0.354. The third kappa shape index (κ3) is 5.10. The largest absolute Gasteiger partial charge is 0.378 e. The number of nitrogens with zero attached hydrogens (tertiary/aromatic N) is 4. The summed E-state index contributed by atoms with van der Waals surface area (Å²) in [6.45, 7) is 8.81. The number of aryl methyl sites for hydroxylation is 1. The molecule has 0 aliphatic carbocycles. The second kappa shape index (κ2) is 10.4. The number of anilines is 3. The highest BCUT2D eigenvalue weighted by atomic mass is 16.5. The van der Waals surface area contributed by atoms with Gasteiger partial charge in [-0.05, 0) is 60.5 Å². The highest BCUT2D eigenvalue weighted by Gasteiger charge is 2.18. The van der Waals surface area contributed by atoms with E-state index in [1.54, 1.807) is 18.6 Å². The summed E-state index contributed by atoms with van der Waals surface area (Å²) < 4.78 is 5.48. The third-order valence-electron chi connectivity index (χ3n) is 6.68. The first-order chi connectivity index (χ1) is 19.1. The van der Waals surface area contributed by atoms with Crippen molar-refractivity contribution in [1.29, 1.82) is 0 Å². The van der Waals surface area contributed by atoms with Crippen LogP contribution in [0.3, 0.4) is 0 Å². The standard InChI is InChI=1S/C29H28N8O2/c1-3-24-22(20-8-9-30-18(2)14-20)16-26(34-24)36-29(38)33-21-6-4-19(5-7-21)25-15-23-27(35-25)31-17-32-28(23)37-10-12-39-13-11-37/h3-9,14-17,34H,1,10-13H2,2H3,(H,31,32,35)(H2,33,36,38). The monoisotopic (exact) mass is 520 g/mol. The van der Waals surface area contributed by atoms with Crippen LogP contribution < -0.4 is 15.5 Å². The summed E-state index contributed by atoms with van der Waals surface area (Å²) in [5, 5.41) is 6.73. The smallest absolute Gasteiger partial charge is 0.324 e. The molecular weight excluding hydrogens is 492 g/mol. The average Bonchev–Trinajstić information content (AvgIpc) is 3.58. The second-order valence-electron chi connectivity index (χ2n) is 9.30. The van der Waals surface area contributed by atoms with Crippen LogP contribution in [0.25, 0.3) is 39.5 Å². The van der Waals surface area contributed by atoms with Crippen molar-refractivity contribution in [1.82, 2.24) is 24.9 Å². The summed E-state index contributed by atoms with van der Waals surface area (Å²) >= 11 is 0. The summed E-state index contributed by atoms with van der Waals surface area (Å²) in [6, 6.07) is 15.2. The maximum atomic E-state index is 12.7. The Morgan fingerprint density at radius 2 is 1.82 bits per heavy atom. The molecule has 1 fully saturated rings. The number of hydrogen-bond acceptors (Lipinski definition) is 6. The van der Waals surface area contributed by atoms with Crippen molar-refractivity contribution in [2.45, 2.75) is 6.92 Å². The number of H-pyrrole nitrogens is 2. The molecule has 2 amide bonds. The average molecular weight is 521 g/mol. The van der Waals surface area contributed by atoms with Gasteiger partial charge in [0.25, 0.3) is 0 Å². The first-order valence-electron chi connectivity index (χ1n) is 12.7. The molecule has 0 unspecified atom stereocenters. The van der Waals surface area contributed by atoms with Crippen LogP contribution in [0.1, 0.15) is 11.4 Å². The summed E-state index contributed by atoms with van der Waals surface area (Å²) in [5.41, 5.74) is 7.03. The summed E-state index contributed by atoms with van der Waals surface area (Å²) in [6.07, 6.45) is 5.08. The Hall–Kier alpha value is -4.96. The molecule has 0 radical (unpaired) electrons. The fourth-order valence-electron chi connectivity index (χ4n) is 4.78. The van der Waals surface area contributed by atoms with Crippen LogP contribution >= 0.6 is 0 Å². The zero-order chi connectivity index (χ0) is 26.8. The Morgan fingerprint density at radius 1 is 1.00 bits per heavy atom. The highest BCUT2D eigenvalue weighted by Crippen LogP contribution is 2.30. The lowest BCUT2D eigenvalue weighted by Crippen LogP contribution is -2.36. The summed E-state index contributed by atoms with van der Waals surface area (Å²) in [7, 11) is 0. The first kappa shape index (κ1) is 24.4. The number of morpholine rings is 1. The molecule has 5 aromatic rings. The van der Waals surface area contributed by atoms with E-state index in [9.17, 15) is 4.79 Å². The van der Waals surface area contributed by atoms with Crippen molar-refractivity contribution in [3.63, 3.8) is 0 Å². The van der Waals surface area contributed by atoms with Gasteiger partial charge in [-0.25, -0.2) is 14.8 Å². The van der Waals surface area contributed by atoms with E-state index in [2.05, 4.69) is 53.1 Å². The number of carbonyl (C=O) groups excluding carboxylic acids is 1. The number of carbonyl (C=O) groups is 1. The number of amides is 2. The predicted molar refractivity (Wildman–Crippen MR) is 154 cm³/mol. The number of fused-ring (bicyclic) bond motifs is 1. The number of aromatic amines is 2. The third-order valence-corrected chi connectivity index (χ3v) is 6.68. The minimum atomic E-state index is -0.354. The maximum absolute atomic E-state index is 12.7. The SMILES string of the molecule is C=Cc1[nH]c(NC(=O)Nc2ccc(-c3cc4c(N5CCOCC5)ncnc4[nH]3)cc2)cc1-c1ccnc(C)c1. The first-order valence-corrected chi connectivity index (χ1v) is 12.7. The lowest BCUT2D eigenvalue weighted by atomic mass is 10.1. The molecule has 39 heavy (non-hydrogen) atoms. The lowest BCUT2D eigenvalue weighted by molar-refractivity contribution is 0.122. The molecule has 1 saturated heterocycles. The highest BCUT2D eigenvalue weighted by molar-refractivity contribution is 6.00. The number of rotatable bonds is 6. The quantitative estimate of drug-likeness (QED) is 0.236. The van der Waals surface area contributed by atoms with Gasteiger partial charge in [0.2, 0.25) is 0 Å². The summed E-state index contributed by atoms with van der Waals surface area (Å²) in [4.78, 5) is 34.7. The molecule has 1 aliphatic heterocycles. The van der Waals surface area contributed by atoms with E-state index in [0.717, 1.165) is 63.7 Å². The van der Waals surface area contributed by atoms with Gasteiger partial charge in [0.1, 0.15) is 23.6 Å². The van der Waals surface area contributed by atoms with Gasteiger partial charge in [0.15, 0.2) is 0 Å². The normalized spacial score (nSPS) is 13.4. The zero-order valence-corrected chi connectivity index (χ0v) is 21.5. The second-order valence-corrected chi connectivity index (χ2v) is 9.30. The summed E-state index contributed by atoms with van der Waals surface area (Å²) in [5.74, 6) is 1.48. The van der Waals surface area contributed by atoms with Crippen molar-refractivity contribution in [2.75, 3.05) is 41.8 Å². The van der Waals surface area contributed by atoms with E-state index >= 15 is 0 Å². The molecule has 1 aliphatic rings. The molecule has 6 rings (SSSR count). The van der Waals surface area contributed by atoms with Crippen LogP contribution in [0, 0.1) is 6.92 Å². The molecule has 10 heteroatoms. The molecule has 4 N–H and O–H groups in total. The minimum Gasteiger partial charge on any atom is -0.378 e. The molecule has 0 bridgehead atoms. The van der Waals surface area contributed by atoms with Gasteiger partial charge < -0.3 is 24.9 Å². The van der Waals surface area contributed by atoms with Crippen molar-refractivity contribution >= 4 is 40.5 Å². The van der Waals surface area contributed by atoms with Gasteiger partial charge in [0, 0.05) is 47.6 Å². The van der Waals surface area contributed by atoms with Gasteiger partial charge >= 0.3 is 6.03 Å². The topological polar surface area (TPSA) is 124 Å². The van der Waals surface area contributed by atoms with Crippen LogP contribution in [0.5, 0.6) is 0 Å². The van der Waals surface area contributed by atoms with Gasteiger partial charge in [0.05, 0.1) is 18.6 Å². The van der Waals surface area contributed by atoms with Crippen LogP contribution in [0.15, 0.2) is 67.6 Å². The van der Waals surface area contributed by atoms with Crippen LogP contribution in [-0.2, 0) is 4.74 Å². The Kier molecular flexibility index (Phi) is 6.52. The molecule has 5 heterocycles. The zero-order valence-electron chi connectivity index (χ0n) is 21.5. The van der Waals surface area contributed by atoms with Crippen molar-refractivity contribution in [3.8, 4) is 22.4 Å². The molecule has 4 aromatic heterocycles. The fraction of sp³-hybridized carbons (Fsp3) is 0.172. The molecule has 1 aromatic carbocycles. The molecule has 10 nitrogen and oxygen atoms in total. The maximum Gasteiger partial charge on any atom is 0.324 e. The van der Waals surface area contributed by atoms with Gasteiger partial charge in [-0.1, -0.05) is 18.7 Å². The van der Waals surface area contributed by atoms with Gasteiger partial charge in [-0.3, -0.25) is 10.3 Å². The van der Waals surface area contributed by atoms with Gasteiger partial charge in [-0.2, -0.15) is 0 Å². The Bertz CT molecular complexity index is 1650. The van der Waals surface area contributed by atoms with E-state index in [0.29, 0.717) is 24.7 Å². The number of benzene rings is 1. The molecule has 0 spiro atoms. The van der Waals surface area contributed by atoms with E-state index in [-0.39, 0.29) is 6.03 Å². The number of aromatic nitrogens is 5. The number of pyridine rings is 1. The van der Waals surface area contributed by atoms with Crippen molar-refractivity contribution in [2.24, 2.45) is 0 Å². The van der Waals surface area contributed by atoms with Gasteiger partial charge in [-0.15, -0.1) is 0 Å². The Labute approximate surface area is 225 Å².